The molecule has 1 atom stereocenters. The van der Waals surface area contributed by atoms with E-state index < -0.39 is 0 Å². The van der Waals surface area contributed by atoms with Gasteiger partial charge in [0.1, 0.15) is 0 Å². The van der Waals surface area contributed by atoms with Gasteiger partial charge in [-0.1, -0.05) is 30.5 Å². The lowest BCUT2D eigenvalue weighted by molar-refractivity contribution is 0.382. The lowest BCUT2D eigenvalue weighted by atomic mass is 10.0. The number of rotatable bonds is 7. The Morgan fingerprint density at radius 3 is 2.86 bits per heavy atom. The van der Waals surface area contributed by atoms with Gasteiger partial charge in [-0.25, -0.2) is 4.39 Å². The summed E-state index contributed by atoms with van der Waals surface area (Å²) in [4.78, 5) is 1.08. The van der Waals surface area contributed by atoms with Crippen molar-refractivity contribution in [2.45, 2.75) is 32.7 Å². The molecule has 0 fully saturated rings. The van der Waals surface area contributed by atoms with E-state index in [1.54, 1.807) is 12.1 Å². The Morgan fingerprint density at radius 1 is 1.38 bits per heavy atom. The smallest absolute Gasteiger partial charge is 0.168 e. The number of nitrogens with zero attached hydrogens (tertiary/aromatic N) is 2. The maximum Gasteiger partial charge on any atom is 0.168 e. The number of halogens is 1. The van der Waals surface area contributed by atoms with Crippen molar-refractivity contribution < 1.29 is 9.13 Å². The number of methoxy groups -OCH3 is 1. The zero-order valence-corrected chi connectivity index (χ0v) is 13.3. The van der Waals surface area contributed by atoms with Gasteiger partial charge in [0, 0.05) is 6.04 Å². The molecule has 0 aliphatic rings. The van der Waals surface area contributed by atoms with Gasteiger partial charge in [-0.3, -0.25) is 0 Å². The van der Waals surface area contributed by atoms with Gasteiger partial charge in [0.05, 0.1) is 17.7 Å². The van der Waals surface area contributed by atoms with Crippen molar-refractivity contribution in [1.82, 2.24) is 14.9 Å². The fraction of sp³-hybridized carbons (Fsp3) is 0.467. The van der Waals surface area contributed by atoms with Crippen LogP contribution in [0.5, 0.6) is 5.75 Å². The van der Waals surface area contributed by atoms with Gasteiger partial charge in [0.2, 0.25) is 0 Å². The summed E-state index contributed by atoms with van der Waals surface area (Å²) in [6.45, 7) is 4.89. The molecule has 21 heavy (non-hydrogen) atoms. The quantitative estimate of drug-likeness (QED) is 0.853. The van der Waals surface area contributed by atoms with Crippen LogP contribution in [0.3, 0.4) is 0 Å². The molecule has 0 aliphatic carbocycles. The molecule has 0 radical (unpaired) electrons. The summed E-state index contributed by atoms with van der Waals surface area (Å²) in [7, 11) is 1.48. The first-order valence-corrected chi connectivity index (χ1v) is 7.84. The van der Waals surface area contributed by atoms with Crippen molar-refractivity contribution in [2.24, 2.45) is 0 Å². The molecule has 0 saturated carbocycles. The Kier molecular flexibility index (Phi) is 5.64. The summed E-state index contributed by atoms with van der Waals surface area (Å²) in [5.74, 6) is -0.0145. The van der Waals surface area contributed by atoms with E-state index in [1.807, 2.05) is 13.0 Å². The predicted molar refractivity (Wildman–Crippen MR) is 82.4 cm³/mol. The normalized spacial score (nSPS) is 12.4. The molecular weight excluding hydrogens is 289 g/mol. The molecule has 1 aromatic heterocycles. The number of hydrogen-bond acceptors (Lipinski definition) is 5. The summed E-state index contributed by atoms with van der Waals surface area (Å²) in [6, 6.07) is 5.26. The molecule has 0 amide bonds. The van der Waals surface area contributed by atoms with Crippen molar-refractivity contribution in [2.75, 3.05) is 13.7 Å². The number of likely N-dealkylation sites (N-methyl/N-ethyl adjacent to an activating group) is 1. The highest BCUT2D eigenvalue weighted by Gasteiger charge is 2.20. The van der Waals surface area contributed by atoms with Crippen LogP contribution in [0.2, 0.25) is 0 Å². The lowest BCUT2D eigenvalue weighted by Gasteiger charge is -2.18. The first kappa shape index (κ1) is 15.9. The Labute approximate surface area is 128 Å². The fourth-order valence-corrected chi connectivity index (χ4v) is 3.13. The number of hydrogen-bond donors (Lipinski definition) is 1. The van der Waals surface area contributed by atoms with Crippen LogP contribution in [0.1, 0.15) is 36.0 Å². The number of ether oxygens (including phenoxy) is 1. The van der Waals surface area contributed by atoms with Crippen LogP contribution in [0.15, 0.2) is 18.2 Å². The zero-order valence-electron chi connectivity index (χ0n) is 12.5. The topological polar surface area (TPSA) is 47.0 Å². The van der Waals surface area contributed by atoms with E-state index in [9.17, 15) is 4.39 Å². The molecule has 0 saturated heterocycles. The van der Waals surface area contributed by atoms with Crippen molar-refractivity contribution >= 4 is 11.5 Å². The minimum absolute atomic E-state index is 0.0200. The average Bonchev–Trinajstić information content (AvgIpc) is 2.97. The lowest BCUT2D eigenvalue weighted by Crippen LogP contribution is -2.23. The van der Waals surface area contributed by atoms with E-state index in [-0.39, 0.29) is 17.6 Å². The molecule has 0 bridgehead atoms. The number of nitrogens with one attached hydrogen (secondary N) is 1. The van der Waals surface area contributed by atoms with E-state index in [4.69, 9.17) is 4.74 Å². The van der Waals surface area contributed by atoms with Crippen LogP contribution in [0.4, 0.5) is 4.39 Å². The van der Waals surface area contributed by atoms with Gasteiger partial charge in [0.25, 0.3) is 0 Å². The summed E-state index contributed by atoms with van der Waals surface area (Å²) in [5.41, 5.74) is 1.62. The minimum Gasteiger partial charge on any atom is -0.494 e. The van der Waals surface area contributed by atoms with E-state index in [1.165, 1.54) is 18.6 Å². The van der Waals surface area contributed by atoms with Gasteiger partial charge < -0.3 is 10.1 Å². The van der Waals surface area contributed by atoms with Crippen molar-refractivity contribution in [1.29, 1.82) is 0 Å². The van der Waals surface area contributed by atoms with Gasteiger partial charge in [-0.15, -0.1) is 5.10 Å². The monoisotopic (exact) mass is 309 g/mol. The molecule has 1 aromatic carbocycles. The van der Waals surface area contributed by atoms with Crippen LogP contribution >= 0.6 is 11.5 Å². The Hall–Kier alpha value is -1.53. The number of aryl methyl sites for hydroxylation is 1. The molecule has 6 heteroatoms. The molecular formula is C15H20FN3OS. The second kappa shape index (κ2) is 7.47. The first-order valence-electron chi connectivity index (χ1n) is 7.07. The molecule has 114 valence electrons. The van der Waals surface area contributed by atoms with Gasteiger partial charge in [-0.2, -0.15) is 0 Å². The largest absolute Gasteiger partial charge is 0.494 e. The average molecular weight is 309 g/mol. The van der Waals surface area contributed by atoms with E-state index in [2.05, 4.69) is 21.8 Å². The second-order valence-corrected chi connectivity index (χ2v) is 5.47. The van der Waals surface area contributed by atoms with Gasteiger partial charge in [-0.05, 0) is 42.5 Å². The van der Waals surface area contributed by atoms with Gasteiger partial charge >= 0.3 is 0 Å². The van der Waals surface area contributed by atoms with Crippen molar-refractivity contribution in [3.63, 3.8) is 0 Å². The van der Waals surface area contributed by atoms with Crippen LogP contribution in [-0.4, -0.2) is 23.2 Å². The van der Waals surface area contributed by atoms with E-state index in [0.29, 0.717) is 12.0 Å². The van der Waals surface area contributed by atoms with Crippen molar-refractivity contribution in [3.05, 3.63) is 40.2 Å². The summed E-state index contributed by atoms with van der Waals surface area (Å²) < 4.78 is 23.4. The zero-order chi connectivity index (χ0) is 15.2. The Morgan fingerprint density at radius 2 is 2.19 bits per heavy atom. The highest BCUT2D eigenvalue weighted by molar-refractivity contribution is 7.05. The molecule has 2 aromatic rings. The first-order chi connectivity index (χ1) is 10.2. The van der Waals surface area contributed by atoms with Crippen LogP contribution in [0, 0.1) is 5.82 Å². The predicted octanol–water partition coefficient (Wildman–Crippen LogP) is 3.14. The minimum atomic E-state index is -0.293. The van der Waals surface area contributed by atoms with Gasteiger partial charge in [0.15, 0.2) is 11.6 Å². The summed E-state index contributed by atoms with van der Waals surface area (Å²) >= 11 is 1.38. The molecule has 1 heterocycles. The molecule has 1 unspecified atom stereocenters. The Bertz CT molecular complexity index is 588. The standard InChI is InChI=1S/C15H20FN3OS/c1-4-11-15(21-19-18-11)12(17-5-2)9-10-7-6-8-13(20-3)14(10)16/h6-8,12,17H,4-5,9H2,1-3H3. The maximum atomic E-state index is 14.3. The molecule has 1 N–H and O–H groups in total. The summed E-state index contributed by atoms with van der Waals surface area (Å²) in [5, 5.41) is 7.54. The highest BCUT2D eigenvalue weighted by atomic mass is 32.1. The SMILES string of the molecule is CCNC(Cc1cccc(OC)c1F)c1snnc1CC. The molecule has 0 aliphatic heterocycles. The second-order valence-electron chi connectivity index (χ2n) is 4.69. The highest BCUT2D eigenvalue weighted by Crippen LogP contribution is 2.28. The third-order valence-corrected chi connectivity index (χ3v) is 4.25. The maximum absolute atomic E-state index is 14.3. The van der Waals surface area contributed by atoms with Crippen LogP contribution < -0.4 is 10.1 Å². The third kappa shape index (κ3) is 3.57. The Balaban J connectivity index is 2.28. The third-order valence-electron chi connectivity index (χ3n) is 3.37. The van der Waals surface area contributed by atoms with Crippen molar-refractivity contribution in [3.8, 4) is 5.75 Å². The van der Waals surface area contributed by atoms with E-state index in [0.717, 1.165) is 23.5 Å². The molecule has 0 spiro atoms. The molecule has 2 rings (SSSR count). The number of aromatic nitrogens is 2. The summed E-state index contributed by atoms with van der Waals surface area (Å²) in [6.07, 6.45) is 1.38. The van der Waals surface area contributed by atoms with Crippen LogP contribution in [-0.2, 0) is 12.8 Å². The van der Waals surface area contributed by atoms with E-state index >= 15 is 0 Å². The fourth-order valence-electron chi connectivity index (χ4n) is 2.32. The van der Waals surface area contributed by atoms with Crippen LogP contribution in [0.25, 0.3) is 0 Å². The number of benzene rings is 1. The molecule has 4 nitrogen and oxygen atoms in total.